The highest BCUT2D eigenvalue weighted by molar-refractivity contribution is 5.81. The molecule has 0 radical (unpaired) electrons. The van der Waals surface area contributed by atoms with Gasteiger partial charge in [0, 0.05) is 11.6 Å². The molecular formula is C15H18O4. The van der Waals surface area contributed by atoms with Crippen LogP contribution in [0, 0.1) is 0 Å². The number of carbonyl (C=O) groups is 1. The quantitative estimate of drug-likeness (QED) is 0.486. The van der Waals surface area contributed by atoms with Crippen molar-refractivity contribution >= 4 is 12.0 Å². The van der Waals surface area contributed by atoms with Crippen LogP contribution < -0.4 is 4.74 Å². The fourth-order valence-electron chi connectivity index (χ4n) is 1.41. The number of benzene rings is 1. The van der Waals surface area contributed by atoms with Gasteiger partial charge in [-0.05, 0) is 19.9 Å². The fraction of sp³-hybridized carbons (Fsp3) is 0.267. The highest BCUT2D eigenvalue weighted by atomic mass is 16.7. The van der Waals surface area contributed by atoms with Crippen LogP contribution in [0.1, 0.15) is 19.4 Å². The van der Waals surface area contributed by atoms with Crippen LogP contribution >= 0.6 is 0 Å². The number of para-hydroxylation sites is 1. The van der Waals surface area contributed by atoms with Crippen molar-refractivity contribution in [3.63, 3.8) is 0 Å². The van der Waals surface area contributed by atoms with E-state index in [1.54, 1.807) is 12.1 Å². The summed E-state index contributed by atoms with van der Waals surface area (Å²) in [4.78, 5) is 11.2. The molecule has 2 atom stereocenters. The second-order valence-corrected chi connectivity index (χ2v) is 3.91. The molecule has 1 rings (SSSR count). The van der Waals surface area contributed by atoms with Crippen LogP contribution in [0.2, 0.25) is 0 Å². The van der Waals surface area contributed by atoms with Gasteiger partial charge in [0.1, 0.15) is 11.9 Å². The molecule has 0 amide bonds. The number of allylic oxidation sites excluding steroid dienone is 1. The van der Waals surface area contributed by atoms with Crippen molar-refractivity contribution in [3.05, 3.63) is 48.6 Å². The number of ether oxygens (including phenoxy) is 2. The molecule has 0 saturated carbocycles. The maximum Gasteiger partial charge on any atom is 0.333 e. The van der Waals surface area contributed by atoms with Gasteiger partial charge in [-0.3, -0.25) is 0 Å². The smallest absolute Gasteiger partial charge is 0.333 e. The summed E-state index contributed by atoms with van der Waals surface area (Å²) in [5.41, 5.74) is 0.838. The molecule has 102 valence electrons. The maximum absolute atomic E-state index is 11.2. The maximum atomic E-state index is 11.2. The molecule has 0 fully saturated rings. The Morgan fingerprint density at radius 2 is 2.11 bits per heavy atom. The van der Waals surface area contributed by atoms with E-state index in [1.165, 1.54) is 6.92 Å². The molecule has 2 unspecified atom stereocenters. The van der Waals surface area contributed by atoms with Crippen LogP contribution in [-0.2, 0) is 9.53 Å². The molecule has 1 aromatic rings. The number of aliphatic hydroxyl groups excluding tert-OH is 1. The number of hydrogen-bond acceptors (Lipinski definition) is 4. The van der Waals surface area contributed by atoms with Crippen molar-refractivity contribution < 1.29 is 19.4 Å². The lowest BCUT2D eigenvalue weighted by Gasteiger charge is -2.22. The summed E-state index contributed by atoms with van der Waals surface area (Å²) in [6, 6.07) is 7.28. The van der Waals surface area contributed by atoms with Crippen LogP contribution in [0.15, 0.2) is 43.0 Å². The van der Waals surface area contributed by atoms with Crippen molar-refractivity contribution in [1.82, 2.24) is 0 Å². The van der Waals surface area contributed by atoms with Gasteiger partial charge in [0.05, 0.1) is 0 Å². The Bertz CT molecular complexity index is 463. The number of aliphatic hydroxyl groups is 1. The van der Waals surface area contributed by atoms with Gasteiger partial charge in [-0.15, -0.1) is 0 Å². The number of carbonyl (C=O) groups excluding carboxylic acids is 1. The summed E-state index contributed by atoms with van der Waals surface area (Å²) in [5, 5.41) is 9.58. The summed E-state index contributed by atoms with van der Waals surface area (Å²) in [6.07, 6.45) is 2.73. The van der Waals surface area contributed by atoms with Crippen molar-refractivity contribution in [1.29, 1.82) is 0 Å². The number of esters is 1. The highest BCUT2D eigenvalue weighted by Crippen LogP contribution is 2.22. The van der Waals surface area contributed by atoms with E-state index >= 15 is 0 Å². The third-order valence-electron chi connectivity index (χ3n) is 2.30. The zero-order valence-electron chi connectivity index (χ0n) is 11.1. The van der Waals surface area contributed by atoms with Crippen molar-refractivity contribution in [2.45, 2.75) is 26.2 Å². The molecular weight excluding hydrogens is 244 g/mol. The van der Waals surface area contributed by atoms with Crippen LogP contribution in [-0.4, -0.2) is 23.5 Å². The lowest BCUT2D eigenvalue weighted by Crippen LogP contribution is -2.34. The first kappa shape index (κ1) is 15.0. The Balaban J connectivity index is 2.90. The zero-order chi connectivity index (χ0) is 14.3. The van der Waals surface area contributed by atoms with Gasteiger partial charge in [-0.1, -0.05) is 36.9 Å². The van der Waals surface area contributed by atoms with Crippen LogP contribution in [0.3, 0.4) is 0 Å². The molecule has 0 aromatic heterocycles. The summed E-state index contributed by atoms with van der Waals surface area (Å²) in [6.45, 7) is 6.68. The normalized spacial score (nSPS) is 13.8. The van der Waals surface area contributed by atoms with E-state index in [1.807, 2.05) is 31.2 Å². The summed E-state index contributed by atoms with van der Waals surface area (Å²) >= 11 is 0. The molecule has 0 spiro atoms. The molecule has 4 heteroatoms. The second kappa shape index (κ2) is 7.38. The van der Waals surface area contributed by atoms with E-state index in [0.29, 0.717) is 5.75 Å². The van der Waals surface area contributed by atoms with Crippen molar-refractivity contribution in [2.75, 3.05) is 0 Å². The van der Waals surface area contributed by atoms with E-state index in [0.717, 1.165) is 11.6 Å². The topological polar surface area (TPSA) is 55.8 Å². The molecule has 0 bridgehead atoms. The van der Waals surface area contributed by atoms with Gasteiger partial charge < -0.3 is 14.6 Å². The summed E-state index contributed by atoms with van der Waals surface area (Å²) < 4.78 is 10.5. The zero-order valence-corrected chi connectivity index (χ0v) is 11.1. The molecule has 0 heterocycles. The average Bonchev–Trinajstić information content (AvgIpc) is 2.40. The molecule has 19 heavy (non-hydrogen) atoms. The third-order valence-corrected chi connectivity index (χ3v) is 2.30. The van der Waals surface area contributed by atoms with Gasteiger partial charge >= 0.3 is 5.97 Å². The Labute approximate surface area is 113 Å². The van der Waals surface area contributed by atoms with Crippen molar-refractivity contribution in [2.24, 2.45) is 0 Å². The molecule has 1 N–H and O–H groups in total. The summed E-state index contributed by atoms with van der Waals surface area (Å²) in [7, 11) is 0. The predicted molar refractivity (Wildman–Crippen MR) is 73.5 cm³/mol. The van der Waals surface area contributed by atoms with E-state index in [4.69, 9.17) is 9.47 Å². The number of hydrogen-bond donors (Lipinski definition) is 1. The molecule has 0 aliphatic heterocycles. The van der Waals surface area contributed by atoms with Gasteiger partial charge in [-0.25, -0.2) is 4.79 Å². The third kappa shape index (κ3) is 4.60. The molecule has 1 aromatic carbocycles. The van der Waals surface area contributed by atoms with E-state index < -0.39 is 18.4 Å². The van der Waals surface area contributed by atoms with E-state index in [2.05, 4.69) is 6.58 Å². The van der Waals surface area contributed by atoms with E-state index in [9.17, 15) is 9.90 Å². The first-order chi connectivity index (χ1) is 9.08. The van der Waals surface area contributed by atoms with Gasteiger partial charge in [0.15, 0.2) is 0 Å². The Morgan fingerprint density at radius 1 is 1.42 bits per heavy atom. The van der Waals surface area contributed by atoms with E-state index in [-0.39, 0.29) is 0 Å². The Kier molecular flexibility index (Phi) is 5.82. The minimum Gasteiger partial charge on any atom is -0.451 e. The van der Waals surface area contributed by atoms with Crippen LogP contribution in [0.4, 0.5) is 0 Å². The van der Waals surface area contributed by atoms with Gasteiger partial charge in [0.2, 0.25) is 0 Å². The SMILES string of the molecule is C=CC(=O)OC(Oc1ccccc1/C=C\C)C(C)O. The largest absolute Gasteiger partial charge is 0.451 e. The predicted octanol–water partition coefficient (Wildman–Crippen LogP) is 2.53. The van der Waals surface area contributed by atoms with Crippen molar-refractivity contribution in [3.8, 4) is 5.75 Å². The first-order valence-electron chi connectivity index (χ1n) is 5.98. The minimum absolute atomic E-state index is 0.531. The van der Waals surface area contributed by atoms with Gasteiger partial charge in [-0.2, -0.15) is 0 Å². The standard InChI is InChI=1S/C15H18O4/c1-4-8-12-9-6-7-10-13(12)18-15(11(3)16)19-14(17)5-2/h4-11,15-16H,2H2,1,3H3/b8-4-. The fourth-order valence-corrected chi connectivity index (χ4v) is 1.41. The lowest BCUT2D eigenvalue weighted by atomic mass is 10.2. The van der Waals surface area contributed by atoms with Crippen LogP contribution in [0.25, 0.3) is 6.08 Å². The molecule has 0 aliphatic carbocycles. The lowest BCUT2D eigenvalue weighted by molar-refractivity contribution is -0.172. The highest BCUT2D eigenvalue weighted by Gasteiger charge is 2.21. The average molecular weight is 262 g/mol. The van der Waals surface area contributed by atoms with Crippen LogP contribution in [0.5, 0.6) is 5.75 Å². The molecule has 0 saturated heterocycles. The second-order valence-electron chi connectivity index (χ2n) is 3.91. The minimum atomic E-state index is -1.07. The number of rotatable bonds is 6. The van der Waals surface area contributed by atoms with Gasteiger partial charge in [0.25, 0.3) is 6.29 Å². The first-order valence-corrected chi connectivity index (χ1v) is 5.98. The Hall–Kier alpha value is -2.07. The molecule has 4 nitrogen and oxygen atoms in total. The molecule has 0 aliphatic rings. The Morgan fingerprint density at radius 3 is 2.68 bits per heavy atom. The summed E-state index contributed by atoms with van der Waals surface area (Å²) in [5.74, 6) is -0.113. The monoisotopic (exact) mass is 262 g/mol.